The summed E-state index contributed by atoms with van der Waals surface area (Å²) >= 11 is 0. The molecule has 0 spiro atoms. The Morgan fingerprint density at radius 1 is 0.667 bits per heavy atom. The fraction of sp³-hybridized carbons (Fsp3) is 0.455. The Hall–Kier alpha value is -2.24. The van der Waals surface area contributed by atoms with E-state index in [2.05, 4.69) is 63.8 Å². The van der Waals surface area contributed by atoms with Gasteiger partial charge < -0.3 is 25.2 Å². The Balaban J connectivity index is 0.000000156. The second-order valence-corrected chi connectivity index (χ2v) is 7.01. The van der Waals surface area contributed by atoms with Crippen molar-refractivity contribution in [1.82, 2.24) is 10.6 Å². The first-order valence-electron chi connectivity index (χ1n) is 9.88. The minimum Gasteiger partial charge on any atom is -0.497 e. The van der Waals surface area contributed by atoms with Crippen LogP contribution in [0.5, 0.6) is 5.75 Å². The van der Waals surface area contributed by atoms with Crippen molar-refractivity contribution < 1.29 is 4.74 Å². The first kappa shape index (κ1) is 19.5. The Bertz CT molecular complexity index is 660. The van der Waals surface area contributed by atoms with Crippen LogP contribution in [0.2, 0.25) is 0 Å². The van der Waals surface area contributed by atoms with Gasteiger partial charge >= 0.3 is 0 Å². The molecular formula is C22H32N4O. The molecule has 0 saturated carbocycles. The molecule has 0 radical (unpaired) electrons. The molecule has 27 heavy (non-hydrogen) atoms. The van der Waals surface area contributed by atoms with Crippen LogP contribution in [0, 0.1) is 6.92 Å². The predicted octanol–water partition coefficient (Wildman–Crippen LogP) is 2.51. The van der Waals surface area contributed by atoms with Gasteiger partial charge in [-0.2, -0.15) is 0 Å². The molecule has 5 heteroatoms. The lowest BCUT2D eigenvalue weighted by molar-refractivity contribution is 0.415. The number of nitrogens with zero attached hydrogens (tertiary/aromatic N) is 2. The number of aryl methyl sites for hydroxylation is 1. The maximum atomic E-state index is 5.13. The van der Waals surface area contributed by atoms with Crippen molar-refractivity contribution in [3.63, 3.8) is 0 Å². The van der Waals surface area contributed by atoms with E-state index in [1.54, 1.807) is 7.11 Å². The fourth-order valence-electron chi connectivity index (χ4n) is 3.39. The highest BCUT2D eigenvalue weighted by molar-refractivity contribution is 5.49. The fourth-order valence-corrected chi connectivity index (χ4v) is 3.39. The molecule has 2 aliphatic heterocycles. The molecule has 2 fully saturated rings. The van der Waals surface area contributed by atoms with E-state index >= 15 is 0 Å². The molecule has 2 heterocycles. The van der Waals surface area contributed by atoms with Gasteiger partial charge in [-0.05, 0) is 43.3 Å². The average Bonchev–Trinajstić information content (AvgIpc) is 2.76. The molecule has 0 amide bonds. The lowest BCUT2D eigenvalue weighted by Gasteiger charge is -2.29. The molecule has 146 valence electrons. The monoisotopic (exact) mass is 368 g/mol. The third-order valence-electron chi connectivity index (χ3n) is 5.07. The molecule has 5 nitrogen and oxygen atoms in total. The lowest BCUT2D eigenvalue weighted by Crippen LogP contribution is -2.43. The quantitative estimate of drug-likeness (QED) is 0.871. The number of nitrogens with one attached hydrogen (secondary N) is 2. The van der Waals surface area contributed by atoms with Gasteiger partial charge in [0.15, 0.2) is 0 Å². The van der Waals surface area contributed by atoms with Gasteiger partial charge in [-0.15, -0.1) is 0 Å². The third-order valence-corrected chi connectivity index (χ3v) is 5.07. The predicted molar refractivity (Wildman–Crippen MR) is 114 cm³/mol. The van der Waals surface area contributed by atoms with Crippen molar-refractivity contribution in [3.05, 3.63) is 54.1 Å². The molecule has 0 unspecified atom stereocenters. The Kier molecular flexibility index (Phi) is 7.36. The zero-order chi connectivity index (χ0) is 18.9. The summed E-state index contributed by atoms with van der Waals surface area (Å²) in [4.78, 5) is 4.81. The van der Waals surface area contributed by atoms with Crippen LogP contribution in [0.1, 0.15) is 5.56 Å². The largest absolute Gasteiger partial charge is 0.497 e. The van der Waals surface area contributed by atoms with Crippen LogP contribution >= 0.6 is 0 Å². The Labute approximate surface area is 163 Å². The van der Waals surface area contributed by atoms with E-state index < -0.39 is 0 Å². The molecular weight excluding hydrogens is 336 g/mol. The van der Waals surface area contributed by atoms with E-state index in [1.807, 2.05) is 12.1 Å². The summed E-state index contributed by atoms with van der Waals surface area (Å²) in [7, 11) is 1.69. The number of methoxy groups -OCH3 is 1. The van der Waals surface area contributed by atoms with E-state index in [-0.39, 0.29) is 0 Å². The zero-order valence-electron chi connectivity index (χ0n) is 16.6. The summed E-state index contributed by atoms with van der Waals surface area (Å²) in [6, 6.07) is 17.0. The smallest absolute Gasteiger partial charge is 0.119 e. The van der Waals surface area contributed by atoms with Gasteiger partial charge in [-0.3, -0.25) is 0 Å². The van der Waals surface area contributed by atoms with Crippen LogP contribution in [-0.4, -0.2) is 59.5 Å². The van der Waals surface area contributed by atoms with Crippen molar-refractivity contribution in [1.29, 1.82) is 0 Å². The third kappa shape index (κ3) is 5.88. The standard InChI is InChI=1S/C11H16N2O.C11H16N2/c1-14-11-4-2-10(3-5-11)13-8-6-12-7-9-13;1-10-2-4-11(5-3-10)13-8-6-12-7-9-13/h2-5,12H,6-9H2,1H3;2-5,12H,6-9H2,1H3. The summed E-state index contributed by atoms with van der Waals surface area (Å²) in [5.41, 5.74) is 3.97. The average molecular weight is 369 g/mol. The Morgan fingerprint density at radius 2 is 1.07 bits per heavy atom. The van der Waals surface area contributed by atoms with Crippen LogP contribution < -0.4 is 25.2 Å². The minimum absolute atomic E-state index is 0.920. The van der Waals surface area contributed by atoms with Crippen molar-refractivity contribution in [2.24, 2.45) is 0 Å². The highest BCUT2D eigenvalue weighted by atomic mass is 16.5. The van der Waals surface area contributed by atoms with Crippen LogP contribution in [-0.2, 0) is 0 Å². The lowest BCUT2D eigenvalue weighted by atomic mass is 10.2. The number of anilines is 2. The molecule has 2 saturated heterocycles. The number of benzene rings is 2. The summed E-state index contributed by atoms with van der Waals surface area (Å²) < 4.78 is 5.13. The summed E-state index contributed by atoms with van der Waals surface area (Å²) in [6.45, 7) is 10.9. The Morgan fingerprint density at radius 3 is 1.48 bits per heavy atom. The van der Waals surface area contributed by atoms with E-state index in [0.29, 0.717) is 0 Å². The van der Waals surface area contributed by atoms with E-state index in [0.717, 1.165) is 58.1 Å². The number of piperazine rings is 2. The van der Waals surface area contributed by atoms with Gasteiger partial charge in [-0.1, -0.05) is 17.7 Å². The first-order valence-corrected chi connectivity index (χ1v) is 9.88. The number of rotatable bonds is 3. The van der Waals surface area contributed by atoms with Crippen LogP contribution in [0.15, 0.2) is 48.5 Å². The SMILES string of the molecule is COc1ccc(N2CCNCC2)cc1.Cc1ccc(N2CCNCC2)cc1. The molecule has 2 aliphatic rings. The zero-order valence-corrected chi connectivity index (χ0v) is 16.6. The van der Waals surface area contributed by atoms with Crippen molar-refractivity contribution in [2.45, 2.75) is 6.92 Å². The second-order valence-electron chi connectivity index (χ2n) is 7.01. The maximum Gasteiger partial charge on any atom is 0.119 e. The molecule has 0 aliphatic carbocycles. The first-order chi connectivity index (χ1) is 13.3. The van der Waals surface area contributed by atoms with Gasteiger partial charge in [0.2, 0.25) is 0 Å². The van der Waals surface area contributed by atoms with Gasteiger partial charge in [0, 0.05) is 63.7 Å². The molecule has 0 atom stereocenters. The molecule has 2 aromatic rings. The summed E-state index contributed by atoms with van der Waals surface area (Å²) in [5.74, 6) is 0.920. The molecule has 4 rings (SSSR count). The van der Waals surface area contributed by atoms with Gasteiger partial charge in [-0.25, -0.2) is 0 Å². The summed E-state index contributed by atoms with van der Waals surface area (Å²) in [5, 5.41) is 6.69. The van der Waals surface area contributed by atoms with Crippen LogP contribution in [0.25, 0.3) is 0 Å². The second kappa shape index (κ2) is 10.2. The molecule has 0 aromatic heterocycles. The number of hydrogen-bond donors (Lipinski definition) is 2. The molecule has 2 N–H and O–H groups in total. The van der Waals surface area contributed by atoms with E-state index in [4.69, 9.17) is 4.74 Å². The molecule has 0 bridgehead atoms. The number of ether oxygens (including phenoxy) is 1. The van der Waals surface area contributed by atoms with Crippen LogP contribution in [0.4, 0.5) is 11.4 Å². The van der Waals surface area contributed by atoms with Crippen molar-refractivity contribution >= 4 is 11.4 Å². The minimum atomic E-state index is 0.920. The highest BCUT2D eigenvalue weighted by Gasteiger charge is 2.10. The van der Waals surface area contributed by atoms with Crippen LogP contribution in [0.3, 0.4) is 0 Å². The van der Waals surface area contributed by atoms with Crippen molar-refractivity contribution in [3.8, 4) is 5.75 Å². The number of hydrogen-bond acceptors (Lipinski definition) is 5. The molecule has 2 aromatic carbocycles. The topological polar surface area (TPSA) is 39.8 Å². The normalized spacial score (nSPS) is 17.1. The van der Waals surface area contributed by atoms with E-state index in [1.165, 1.54) is 16.9 Å². The van der Waals surface area contributed by atoms with Gasteiger partial charge in [0.1, 0.15) is 5.75 Å². The van der Waals surface area contributed by atoms with Gasteiger partial charge in [0.05, 0.1) is 7.11 Å². The van der Waals surface area contributed by atoms with Gasteiger partial charge in [0.25, 0.3) is 0 Å². The summed E-state index contributed by atoms with van der Waals surface area (Å²) in [6.07, 6.45) is 0. The van der Waals surface area contributed by atoms with E-state index in [9.17, 15) is 0 Å². The maximum absolute atomic E-state index is 5.13. The highest BCUT2D eigenvalue weighted by Crippen LogP contribution is 2.19. The van der Waals surface area contributed by atoms with Crippen molar-refractivity contribution in [2.75, 3.05) is 69.3 Å².